The third kappa shape index (κ3) is 4.77. The van der Waals surface area contributed by atoms with Gasteiger partial charge in [-0.15, -0.1) is 0 Å². The van der Waals surface area contributed by atoms with Crippen LogP contribution in [0.1, 0.15) is 48.3 Å². The van der Waals surface area contributed by atoms with Crippen molar-refractivity contribution in [3.8, 4) is 0 Å². The number of benzene rings is 1. The SMILES string of the molecule is CCc1ccc(Cl)c(CC)c1NC(=O)CCc1c(C)nc(SC)nc1C. The van der Waals surface area contributed by atoms with Crippen LogP contribution in [0.15, 0.2) is 17.3 Å². The number of carbonyl (C=O) groups excluding carboxylic acids is 1. The Kier molecular flexibility index (Phi) is 7.47. The average Bonchev–Trinajstić information content (AvgIpc) is 2.61. The summed E-state index contributed by atoms with van der Waals surface area (Å²) < 4.78 is 0. The number of aryl methyl sites for hydroxylation is 3. The normalized spacial score (nSPS) is 10.8. The van der Waals surface area contributed by atoms with E-state index in [0.29, 0.717) is 17.9 Å². The van der Waals surface area contributed by atoms with Gasteiger partial charge >= 0.3 is 0 Å². The number of halogens is 1. The highest BCUT2D eigenvalue weighted by Crippen LogP contribution is 2.29. The van der Waals surface area contributed by atoms with E-state index in [4.69, 9.17) is 11.6 Å². The van der Waals surface area contributed by atoms with Gasteiger partial charge < -0.3 is 5.32 Å². The maximum Gasteiger partial charge on any atom is 0.224 e. The van der Waals surface area contributed by atoms with Crippen molar-refractivity contribution in [3.05, 3.63) is 45.2 Å². The van der Waals surface area contributed by atoms with Gasteiger partial charge in [0.15, 0.2) is 5.16 Å². The van der Waals surface area contributed by atoms with E-state index in [-0.39, 0.29) is 5.91 Å². The quantitative estimate of drug-likeness (QED) is 0.522. The highest BCUT2D eigenvalue weighted by Gasteiger charge is 2.15. The molecule has 2 rings (SSSR count). The fourth-order valence-electron chi connectivity index (χ4n) is 3.07. The highest BCUT2D eigenvalue weighted by molar-refractivity contribution is 7.98. The van der Waals surface area contributed by atoms with Gasteiger partial charge in [-0.25, -0.2) is 9.97 Å². The first-order valence-electron chi connectivity index (χ1n) is 8.89. The van der Waals surface area contributed by atoms with Gasteiger partial charge in [0, 0.05) is 28.5 Å². The van der Waals surface area contributed by atoms with Gasteiger partial charge in [0.25, 0.3) is 0 Å². The van der Waals surface area contributed by atoms with Gasteiger partial charge in [-0.05, 0) is 62.1 Å². The number of rotatable bonds is 7. The summed E-state index contributed by atoms with van der Waals surface area (Å²) in [6.07, 6.45) is 4.61. The number of hydrogen-bond acceptors (Lipinski definition) is 4. The summed E-state index contributed by atoms with van der Waals surface area (Å²) in [6, 6.07) is 3.90. The highest BCUT2D eigenvalue weighted by atomic mass is 35.5. The zero-order chi connectivity index (χ0) is 19.3. The molecule has 0 saturated heterocycles. The minimum absolute atomic E-state index is 0.00981. The number of anilines is 1. The first-order chi connectivity index (χ1) is 12.4. The molecular weight excluding hydrogens is 366 g/mol. The summed E-state index contributed by atoms with van der Waals surface area (Å²) in [5, 5.41) is 4.56. The van der Waals surface area contributed by atoms with Crippen LogP contribution < -0.4 is 5.32 Å². The van der Waals surface area contributed by atoms with Crippen LogP contribution in [0.3, 0.4) is 0 Å². The van der Waals surface area contributed by atoms with Crippen LogP contribution in [0.5, 0.6) is 0 Å². The molecule has 0 fully saturated rings. The summed E-state index contributed by atoms with van der Waals surface area (Å²) >= 11 is 7.84. The number of amides is 1. The van der Waals surface area contributed by atoms with Gasteiger partial charge in [-0.2, -0.15) is 0 Å². The van der Waals surface area contributed by atoms with Gasteiger partial charge in [-0.3, -0.25) is 4.79 Å². The molecule has 0 saturated carbocycles. The zero-order valence-corrected chi connectivity index (χ0v) is 17.6. The van der Waals surface area contributed by atoms with E-state index in [1.165, 1.54) is 11.8 Å². The van der Waals surface area contributed by atoms with E-state index in [2.05, 4.69) is 22.2 Å². The molecule has 4 nitrogen and oxygen atoms in total. The van der Waals surface area contributed by atoms with Crippen molar-refractivity contribution >= 4 is 35.0 Å². The number of carbonyl (C=O) groups is 1. The Bertz CT molecular complexity index is 785. The second-order valence-corrected chi connectivity index (χ2v) is 7.36. The van der Waals surface area contributed by atoms with Crippen molar-refractivity contribution in [2.75, 3.05) is 11.6 Å². The Morgan fingerprint density at radius 3 is 2.31 bits per heavy atom. The van der Waals surface area contributed by atoms with Crippen molar-refractivity contribution in [1.82, 2.24) is 9.97 Å². The second kappa shape index (κ2) is 9.38. The molecule has 0 aliphatic heterocycles. The van der Waals surface area contributed by atoms with Crippen molar-refractivity contribution in [2.24, 2.45) is 0 Å². The lowest BCUT2D eigenvalue weighted by molar-refractivity contribution is -0.116. The molecule has 6 heteroatoms. The molecule has 1 amide bonds. The molecule has 1 N–H and O–H groups in total. The molecule has 0 atom stereocenters. The maximum absolute atomic E-state index is 12.6. The van der Waals surface area contributed by atoms with Crippen LogP contribution in [-0.4, -0.2) is 22.1 Å². The van der Waals surface area contributed by atoms with Gasteiger partial charge in [0.2, 0.25) is 5.91 Å². The second-order valence-electron chi connectivity index (χ2n) is 6.18. The molecule has 0 aliphatic rings. The zero-order valence-electron chi connectivity index (χ0n) is 16.1. The fraction of sp³-hybridized carbons (Fsp3) is 0.450. The van der Waals surface area contributed by atoms with Crippen molar-refractivity contribution in [2.45, 2.75) is 58.5 Å². The Morgan fingerprint density at radius 1 is 1.12 bits per heavy atom. The minimum atomic E-state index is -0.00981. The van der Waals surface area contributed by atoms with Crippen molar-refractivity contribution in [1.29, 1.82) is 0 Å². The van der Waals surface area contributed by atoms with Gasteiger partial charge in [-0.1, -0.05) is 43.3 Å². The van der Waals surface area contributed by atoms with E-state index in [1.54, 1.807) is 0 Å². The summed E-state index contributed by atoms with van der Waals surface area (Å²) in [6.45, 7) is 8.08. The standard InChI is InChI=1S/C20H26ClN3OS/c1-6-14-8-10-17(21)15(7-2)19(14)24-18(25)11-9-16-12(3)22-20(26-5)23-13(16)4/h8,10H,6-7,9,11H2,1-5H3,(H,24,25). The van der Waals surface area contributed by atoms with Crippen LogP contribution in [0.2, 0.25) is 5.02 Å². The third-order valence-corrected chi connectivity index (χ3v) is 5.43. The number of thioether (sulfide) groups is 1. The van der Waals surface area contributed by atoms with Gasteiger partial charge in [0.05, 0.1) is 0 Å². The molecule has 0 radical (unpaired) electrons. The predicted octanol–water partition coefficient (Wildman–Crippen LogP) is 5.16. The molecule has 0 bridgehead atoms. The lowest BCUT2D eigenvalue weighted by Gasteiger charge is -2.16. The van der Waals surface area contributed by atoms with Crippen molar-refractivity contribution in [3.63, 3.8) is 0 Å². The Hall–Kier alpha value is -1.59. The fourth-order valence-corrected chi connectivity index (χ4v) is 3.82. The van der Waals surface area contributed by atoms with Crippen LogP contribution in [0.4, 0.5) is 5.69 Å². The molecule has 0 spiro atoms. The predicted molar refractivity (Wildman–Crippen MR) is 110 cm³/mol. The molecule has 2 aromatic rings. The van der Waals surface area contributed by atoms with Crippen molar-refractivity contribution < 1.29 is 4.79 Å². The first-order valence-corrected chi connectivity index (χ1v) is 10.5. The summed E-state index contributed by atoms with van der Waals surface area (Å²) in [7, 11) is 0. The molecule has 26 heavy (non-hydrogen) atoms. The van der Waals surface area contributed by atoms with E-state index in [9.17, 15) is 4.79 Å². The Labute approximate surface area is 165 Å². The molecule has 140 valence electrons. The summed E-state index contributed by atoms with van der Waals surface area (Å²) in [5.74, 6) is -0.00981. The summed E-state index contributed by atoms with van der Waals surface area (Å²) in [4.78, 5) is 21.5. The molecule has 1 heterocycles. The molecule has 0 aliphatic carbocycles. The average molecular weight is 392 g/mol. The first kappa shape index (κ1) is 20.7. The molecular formula is C20H26ClN3OS. The molecule has 1 aromatic carbocycles. The summed E-state index contributed by atoms with van der Waals surface area (Å²) in [5.41, 5.74) is 5.92. The van der Waals surface area contributed by atoms with E-state index in [1.807, 2.05) is 39.2 Å². The van der Waals surface area contributed by atoms with Crippen LogP contribution in [-0.2, 0) is 24.1 Å². The Balaban J connectivity index is 2.15. The number of aromatic nitrogens is 2. The minimum Gasteiger partial charge on any atom is -0.326 e. The number of nitrogens with one attached hydrogen (secondary N) is 1. The monoisotopic (exact) mass is 391 g/mol. The van der Waals surface area contributed by atoms with Crippen LogP contribution >= 0.6 is 23.4 Å². The maximum atomic E-state index is 12.6. The van der Waals surface area contributed by atoms with Crippen LogP contribution in [0.25, 0.3) is 0 Å². The van der Waals surface area contributed by atoms with E-state index >= 15 is 0 Å². The third-order valence-electron chi connectivity index (χ3n) is 4.53. The van der Waals surface area contributed by atoms with Crippen LogP contribution in [0, 0.1) is 13.8 Å². The number of nitrogens with zero attached hydrogens (tertiary/aromatic N) is 2. The molecule has 1 aromatic heterocycles. The lowest BCUT2D eigenvalue weighted by atomic mass is 10.0. The van der Waals surface area contributed by atoms with E-state index in [0.717, 1.165) is 51.8 Å². The largest absolute Gasteiger partial charge is 0.326 e. The molecule has 0 unspecified atom stereocenters. The van der Waals surface area contributed by atoms with E-state index < -0.39 is 0 Å². The van der Waals surface area contributed by atoms with Gasteiger partial charge in [0.1, 0.15) is 0 Å². The topological polar surface area (TPSA) is 54.9 Å². The number of hydrogen-bond donors (Lipinski definition) is 1. The lowest BCUT2D eigenvalue weighted by Crippen LogP contribution is -2.16. The smallest absolute Gasteiger partial charge is 0.224 e. The Morgan fingerprint density at radius 2 is 1.77 bits per heavy atom.